The van der Waals surface area contributed by atoms with Gasteiger partial charge < -0.3 is 4.90 Å². The molecule has 7 nitrogen and oxygen atoms in total. The Morgan fingerprint density at radius 3 is 2.39 bits per heavy atom. The van der Waals surface area contributed by atoms with E-state index in [9.17, 15) is 10.1 Å². The fourth-order valence-electron chi connectivity index (χ4n) is 3.18. The topological polar surface area (TPSA) is 77.1 Å². The van der Waals surface area contributed by atoms with Crippen LogP contribution in [0.15, 0.2) is 24.3 Å². The van der Waals surface area contributed by atoms with Gasteiger partial charge >= 0.3 is 0 Å². The molecule has 1 saturated carbocycles. The fourth-order valence-corrected chi connectivity index (χ4v) is 3.18. The summed E-state index contributed by atoms with van der Waals surface area (Å²) in [5, 5.41) is 19.6. The van der Waals surface area contributed by atoms with Crippen LogP contribution in [0.3, 0.4) is 0 Å². The summed E-state index contributed by atoms with van der Waals surface area (Å²) >= 11 is 0. The molecular weight excluding hydrogens is 294 g/mol. The molecule has 0 unspecified atom stereocenters. The first-order valence-corrected chi connectivity index (χ1v) is 8.19. The Hall–Kier alpha value is -2.44. The number of hydrogen-bond acceptors (Lipinski definition) is 5. The highest BCUT2D eigenvalue weighted by molar-refractivity contribution is 5.73. The standard InChI is InChI=1S/C16H19N5O2/c22-21(23)14-6-4-12(5-7-14)15-16(19-10-2-1-3-11-19)20(18-17-15)13-8-9-13/h4-7,13H,1-3,8-11H2. The number of nitrogens with zero attached hydrogens (tertiary/aromatic N) is 5. The van der Waals surface area contributed by atoms with Gasteiger partial charge in [0.25, 0.3) is 5.69 Å². The maximum atomic E-state index is 10.8. The lowest BCUT2D eigenvalue weighted by atomic mass is 10.1. The molecule has 0 amide bonds. The minimum Gasteiger partial charge on any atom is -0.355 e. The molecule has 1 aliphatic heterocycles. The number of non-ortho nitro benzene ring substituents is 1. The van der Waals surface area contributed by atoms with Gasteiger partial charge in [0.2, 0.25) is 0 Å². The summed E-state index contributed by atoms with van der Waals surface area (Å²) in [7, 11) is 0. The molecule has 2 aromatic rings. The molecule has 2 aliphatic rings. The SMILES string of the molecule is O=[N+]([O-])c1ccc(-c2nnn(C3CC3)c2N2CCCCC2)cc1. The molecule has 1 aliphatic carbocycles. The molecular formula is C16H19N5O2. The fraction of sp³-hybridized carbons (Fsp3) is 0.500. The van der Waals surface area contributed by atoms with Gasteiger partial charge in [0, 0.05) is 30.8 Å². The van der Waals surface area contributed by atoms with E-state index < -0.39 is 0 Å². The Balaban J connectivity index is 1.73. The van der Waals surface area contributed by atoms with Crippen LogP contribution in [0.4, 0.5) is 11.5 Å². The van der Waals surface area contributed by atoms with E-state index in [4.69, 9.17) is 0 Å². The van der Waals surface area contributed by atoms with Crippen molar-refractivity contribution < 1.29 is 4.92 Å². The summed E-state index contributed by atoms with van der Waals surface area (Å²) in [5.74, 6) is 1.08. The first kappa shape index (κ1) is 14.2. The lowest BCUT2D eigenvalue weighted by Crippen LogP contribution is -2.31. The molecule has 0 bridgehead atoms. The van der Waals surface area contributed by atoms with Gasteiger partial charge in [-0.05, 0) is 44.2 Å². The number of aromatic nitrogens is 3. The minimum absolute atomic E-state index is 0.0999. The molecule has 0 radical (unpaired) electrons. The zero-order valence-corrected chi connectivity index (χ0v) is 12.9. The quantitative estimate of drug-likeness (QED) is 0.640. The van der Waals surface area contributed by atoms with E-state index in [1.54, 1.807) is 12.1 Å². The highest BCUT2D eigenvalue weighted by atomic mass is 16.6. The molecule has 2 heterocycles. The van der Waals surface area contributed by atoms with Gasteiger partial charge in [-0.1, -0.05) is 5.21 Å². The predicted octanol–water partition coefficient (Wildman–Crippen LogP) is 3.18. The first-order valence-electron chi connectivity index (χ1n) is 8.19. The van der Waals surface area contributed by atoms with Crippen LogP contribution in [0, 0.1) is 10.1 Å². The van der Waals surface area contributed by atoms with Crippen molar-refractivity contribution in [2.75, 3.05) is 18.0 Å². The molecule has 7 heteroatoms. The van der Waals surface area contributed by atoms with Crippen molar-refractivity contribution in [3.05, 3.63) is 34.4 Å². The number of nitro groups is 1. The van der Waals surface area contributed by atoms with Crippen LogP contribution >= 0.6 is 0 Å². The average Bonchev–Trinajstić information content (AvgIpc) is 3.34. The van der Waals surface area contributed by atoms with Crippen LogP contribution < -0.4 is 4.90 Å². The monoisotopic (exact) mass is 313 g/mol. The summed E-state index contributed by atoms with van der Waals surface area (Å²) < 4.78 is 2.06. The number of nitro benzene ring substituents is 1. The number of piperidine rings is 1. The molecule has 1 saturated heterocycles. The Labute approximate surface area is 134 Å². The van der Waals surface area contributed by atoms with Crippen LogP contribution in [-0.2, 0) is 0 Å². The number of rotatable bonds is 4. The van der Waals surface area contributed by atoms with Crippen molar-refractivity contribution in [2.24, 2.45) is 0 Å². The van der Waals surface area contributed by atoms with Crippen molar-refractivity contribution in [1.29, 1.82) is 0 Å². The van der Waals surface area contributed by atoms with Crippen molar-refractivity contribution in [2.45, 2.75) is 38.1 Å². The zero-order chi connectivity index (χ0) is 15.8. The van der Waals surface area contributed by atoms with Crippen LogP contribution in [0.5, 0.6) is 0 Å². The van der Waals surface area contributed by atoms with E-state index in [1.165, 1.54) is 31.4 Å². The van der Waals surface area contributed by atoms with E-state index in [-0.39, 0.29) is 10.6 Å². The molecule has 1 aromatic carbocycles. The van der Waals surface area contributed by atoms with Gasteiger partial charge in [-0.2, -0.15) is 0 Å². The normalized spacial score (nSPS) is 18.2. The van der Waals surface area contributed by atoms with Gasteiger partial charge in [-0.25, -0.2) is 4.68 Å². The van der Waals surface area contributed by atoms with Crippen molar-refractivity contribution in [1.82, 2.24) is 15.0 Å². The molecule has 0 atom stereocenters. The van der Waals surface area contributed by atoms with E-state index >= 15 is 0 Å². The Bertz CT molecular complexity index is 715. The third kappa shape index (κ3) is 2.67. The Morgan fingerprint density at radius 2 is 1.78 bits per heavy atom. The Morgan fingerprint density at radius 1 is 1.09 bits per heavy atom. The van der Waals surface area contributed by atoms with Crippen LogP contribution in [0.25, 0.3) is 11.3 Å². The first-order chi connectivity index (χ1) is 11.2. The number of hydrogen-bond donors (Lipinski definition) is 0. The van der Waals surface area contributed by atoms with Crippen LogP contribution in [0.1, 0.15) is 38.1 Å². The second kappa shape index (κ2) is 5.64. The molecule has 2 fully saturated rings. The van der Waals surface area contributed by atoms with Crippen molar-refractivity contribution in [3.63, 3.8) is 0 Å². The summed E-state index contributed by atoms with van der Waals surface area (Å²) in [4.78, 5) is 12.8. The van der Waals surface area contributed by atoms with E-state index in [0.717, 1.165) is 43.0 Å². The largest absolute Gasteiger partial charge is 0.355 e. The number of benzene rings is 1. The second-order valence-corrected chi connectivity index (χ2v) is 6.29. The molecule has 0 N–H and O–H groups in total. The van der Waals surface area contributed by atoms with E-state index in [2.05, 4.69) is 19.9 Å². The van der Waals surface area contributed by atoms with Gasteiger partial charge in [-0.15, -0.1) is 5.10 Å². The van der Waals surface area contributed by atoms with Crippen molar-refractivity contribution in [3.8, 4) is 11.3 Å². The van der Waals surface area contributed by atoms with Crippen molar-refractivity contribution >= 4 is 11.5 Å². The van der Waals surface area contributed by atoms with Crippen LogP contribution in [0.2, 0.25) is 0 Å². The Kier molecular flexibility index (Phi) is 3.48. The number of anilines is 1. The second-order valence-electron chi connectivity index (χ2n) is 6.29. The summed E-state index contributed by atoms with van der Waals surface area (Å²) in [6.45, 7) is 2.06. The van der Waals surface area contributed by atoms with E-state index in [1.807, 2.05) is 0 Å². The highest BCUT2D eigenvalue weighted by Gasteiger charge is 2.32. The lowest BCUT2D eigenvalue weighted by molar-refractivity contribution is -0.384. The lowest BCUT2D eigenvalue weighted by Gasteiger charge is -2.29. The van der Waals surface area contributed by atoms with E-state index in [0.29, 0.717) is 6.04 Å². The maximum Gasteiger partial charge on any atom is 0.269 e. The third-order valence-corrected chi connectivity index (χ3v) is 4.57. The third-order valence-electron chi connectivity index (χ3n) is 4.57. The van der Waals surface area contributed by atoms with Gasteiger partial charge in [0.1, 0.15) is 5.69 Å². The maximum absolute atomic E-state index is 10.8. The average molecular weight is 313 g/mol. The zero-order valence-electron chi connectivity index (χ0n) is 12.9. The molecule has 4 rings (SSSR count). The smallest absolute Gasteiger partial charge is 0.269 e. The minimum atomic E-state index is -0.379. The molecule has 0 spiro atoms. The molecule has 23 heavy (non-hydrogen) atoms. The molecule has 1 aromatic heterocycles. The molecule has 120 valence electrons. The summed E-state index contributed by atoms with van der Waals surface area (Å²) in [5.41, 5.74) is 1.83. The van der Waals surface area contributed by atoms with Gasteiger partial charge in [-0.3, -0.25) is 10.1 Å². The van der Waals surface area contributed by atoms with Gasteiger partial charge in [0.15, 0.2) is 5.82 Å². The summed E-state index contributed by atoms with van der Waals surface area (Å²) in [6, 6.07) is 7.07. The van der Waals surface area contributed by atoms with Gasteiger partial charge in [0.05, 0.1) is 11.0 Å². The predicted molar refractivity (Wildman–Crippen MR) is 86.4 cm³/mol. The van der Waals surface area contributed by atoms with Crippen LogP contribution in [-0.4, -0.2) is 33.0 Å². The summed E-state index contributed by atoms with van der Waals surface area (Å²) in [6.07, 6.45) is 5.97. The highest BCUT2D eigenvalue weighted by Crippen LogP contribution is 2.41.